The molecule has 2 aromatic rings. The predicted octanol–water partition coefficient (Wildman–Crippen LogP) is 10.3. The van der Waals surface area contributed by atoms with Crippen molar-refractivity contribution in [2.75, 3.05) is 13.1 Å². The van der Waals surface area contributed by atoms with Crippen molar-refractivity contribution in [3.63, 3.8) is 0 Å². The number of nitrogens with zero attached hydrogens (tertiary/aromatic N) is 1. The summed E-state index contributed by atoms with van der Waals surface area (Å²) in [4.78, 5) is 0. The molecule has 3 nitrogen and oxygen atoms in total. The van der Waals surface area contributed by atoms with Crippen LogP contribution in [0.15, 0.2) is 24.3 Å². The van der Waals surface area contributed by atoms with E-state index in [1.165, 1.54) is 44.5 Å². The average molecular weight is 633 g/mol. The second kappa shape index (κ2) is 15.2. The van der Waals surface area contributed by atoms with Gasteiger partial charge in [-0.2, -0.15) is 0 Å². The van der Waals surface area contributed by atoms with Crippen LogP contribution in [0.2, 0.25) is 0 Å². The van der Waals surface area contributed by atoms with Gasteiger partial charge in [-0.05, 0) is 0 Å². The fourth-order valence-electron chi connectivity index (χ4n) is 5.67. The molecule has 0 aliphatic heterocycles. The summed E-state index contributed by atoms with van der Waals surface area (Å²) in [5.74, 6) is 2.39. The molecule has 0 radical (unpaired) electrons. The van der Waals surface area contributed by atoms with E-state index in [1.54, 1.807) is 0 Å². The van der Waals surface area contributed by atoms with E-state index in [1.807, 2.05) is 0 Å². The van der Waals surface area contributed by atoms with Crippen molar-refractivity contribution in [1.82, 2.24) is 3.92 Å². The van der Waals surface area contributed by atoms with Gasteiger partial charge in [-0.1, -0.05) is 0 Å². The monoisotopic (exact) mass is 631 g/mol. The summed E-state index contributed by atoms with van der Waals surface area (Å²) in [5.41, 5.74) is 24.7. The van der Waals surface area contributed by atoms with Gasteiger partial charge >= 0.3 is 260 Å². The number of hydrogen-bond donors (Lipinski definition) is 2. The van der Waals surface area contributed by atoms with Crippen LogP contribution < -0.4 is 11.5 Å². The molecule has 0 aliphatic rings. The van der Waals surface area contributed by atoms with E-state index in [-0.39, 0.29) is 12.1 Å². The number of hydrogen-bond acceptors (Lipinski definition) is 3. The van der Waals surface area contributed by atoms with E-state index in [0.717, 1.165) is 0 Å². The summed E-state index contributed by atoms with van der Waals surface area (Å²) in [6.45, 7) is 28.2. The molecule has 2 rings (SSSR count). The first-order valence-electron chi connectivity index (χ1n) is 15.1. The topological polar surface area (TPSA) is 55.3 Å². The maximum atomic E-state index is 7.08. The zero-order valence-electron chi connectivity index (χ0n) is 27.1. The molecule has 0 saturated carbocycles. The summed E-state index contributed by atoms with van der Waals surface area (Å²) in [6, 6.07) is 9.03. The van der Waals surface area contributed by atoms with Gasteiger partial charge in [0.2, 0.25) is 0 Å². The summed E-state index contributed by atoms with van der Waals surface area (Å²) in [5, 5.41) is 0. The average Bonchev–Trinajstić information content (AvgIpc) is 2.85. The molecule has 0 aliphatic carbocycles. The zero-order chi connectivity index (χ0) is 30.6. The molecule has 2 atom stereocenters. The van der Waals surface area contributed by atoms with Gasteiger partial charge in [0.15, 0.2) is 0 Å². The summed E-state index contributed by atoms with van der Waals surface area (Å²) in [6.07, 6.45) is 0. The fraction of sp³-hybridized carbons (Fsp3) is 0.647. The Morgan fingerprint density at radius 3 is 0.950 bits per heavy atom. The molecule has 0 heterocycles. The molecule has 4 N–H and O–H groups in total. The van der Waals surface area contributed by atoms with E-state index in [0.29, 0.717) is 48.6 Å². The van der Waals surface area contributed by atoms with Crippen LogP contribution in [-0.2, 0) is 12.3 Å². The second-order valence-electron chi connectivity index (χ2n) is 13.4. The molecule has 2 aromatic carbocycles. The van der Waals surface area contributed by atoms with Gasteiger partial charge in [0.25, 0.3) is 0 Å². The first-order valence-corrected chi connectivity index (χ1v) is 18.9. The summed E-state index contributed by atoms with van der Waals surface area (Å²) >= 11 is -1.86. The first-order chi connectivity index (χ1) is 18.5. The second-order valence-corrected chi connectivity index (χ2v) is 17.5. The summed E-state index contributed by atoms with van der Waals surface area (Å²) < 4.78 is 2.15. The Labute approximate surface area is 259 Å². The molecule has 0 aromatic heterocycles. The van der Waals surface area contributed by atoms with Crippen molar-refractivity contribution < 1.29 is 12.3 Å². The minimum absolute atomic E-state index is 0.209. The first kappa shape index (κ1) is 35.6. The van der Waals surface area contributed by atoms with E-state index in [9.17, 15) is 0 Å². The fourth-order valence-corrected chi connectivity index (χ4v) is 7.32. The molecule has 0 fully saturated rings. The Bertz CT molecular complexity index is 967. The quantitative estimate of drug-likeness (QED) is 0.216. The zero-order valence-corrected chi connectivity index (χ0v) is 29.8. The number of halogens is 2. The Hall–Kier alpha value is -0.581. The van der Waals surface area contributed by atoms with Crippen molar-refractivity contribution in [2.45, 2.75) is 131 Å². The van der Waals surface area contributed by atoms with Gasteiger partial charge in [-0.15, -0.1) is 0 Å². The molecule has 0 amide bonds. The van der Waals surface area contributed by atoms with Gasteiger partial charge in [0.1, 0.15) is 0 Å². The third-order valence-corrected chi connectivity index (χ3v) is 10.6. The molecule has 228 valence electrons. The Morgan fingerprint density at radius 1 is 0.525 bits per heavy atom. The van der Waals surface area contributed by atoms with Crippen molar-refractivity contribution in [3.05, 3.63) is 68.8 Å². The van der Waals surface area contributed by atoms with E-state index >= 15 is 0 Å². The third-order valence-electron chi connectivity index (χ3n) is 8.07. The van der Waals surface area contributed by atoms with Crippen LogP contribution in [0.25, 0.3) is 0 Å². The van der Waals surface area contributed by atoms with Crippen molar-refractivity contribution in [1.29, 1.82) is 0 Å². The normalized spacial score (nSPS) is 14.5. The molecular weight excluding hydrogens is 576 g/mol. The van der Waals surface area contributed by atoms with Crippen molar-refractivity contribution in [3.8, 4) is 0 Å². The van der Waals surface area contributed by atoms with Gasteiger partial charge < -0.3 is 0 Å². The maximum absolute atomic E-state index is 7.08. The van der Waals surface area contributed by atoms with E-state index in [4.69, 9.17) is 31.7 Å². The molecule has 6 heteroatoms. The number of nitrogens with two attached hydrogens (primary N) is 2. The number of benzene rings is 2. The standard InChI is InChI=1S/C34H56N3.2ClH.Mn/c1-19(2)25-13-27(21(5)6)33(28(14-25)22(7)8)31(35)17-37-18-32(36)34-29(23(9)10)15-26(20(3)4)16-30(34)24(11)12;;;/h13-16,19-24,31-32H,17-18,35-36H2,1-12H3;2*1H;/q-1;;;+3/p-2. The molecule has 0 spiro atoms. The predicted molar refractivity (Wildman–Crippen MR) is 175 cm³/mol. The SMILES string of the molecule is CC(C)c1cc(C(C)C)c(C(N)C[N](CC(N)c2c(C(C)C)cc(C(C)C)cc2C(C)C)[Mn]([Cl])[Cl])c(C(C)C)c1. The third kappa shape index (κ3) is 8.73. The Balaban J connectivity index is 2.55. The molecule has 0 bridgehead atoms. The molecule has 40 heavy (non-hydrogen) atoms. The van der Waals surface area contributed by atoms with Crippen LogP contribution in [0, 0.1) is 0 Å². The van der Waals surface area contributed by atoms with Crippen LogP contribution in [0.5, 0.6) is 0 Å². The Morgan fingerprint density at radius 2 is 0.775 bits per heavy atom. The van der Waals surface area contributed by atoms with Crippen LogP contribution in [0.3, 0.4) is 0 Å². The van der Waals surface area contributed by atoms with Crippen LogP contribution >= 0.6 is 20.2 Å². The van der Waals surface area contributed by atoms with Gasteiger partial charge in [0, 0.05) is 0 Å². The van der Waals surface area contributed by atoms with E-state index in [2.05, 4.69) is 111 Å². The molecular formula is C34H56Cl2MnN3. The van der Waals surface area contributed by atoms with E-state index < -0.39 is 12.3 Å². The van der Waals surface area contributed by atoms with Crippen LogP contribution in [0.4, 0.5) is 0 Å². The van der Waals surface area contributed by atoms with Gasteiger partial charge in [-0.25, -0.2) is 0 Å². The Kier molecular flexibility index (Phi) is 13.6. The van der Waals surface area contributed by atoms with Crippen LogP contribution in [0.1, 0.15) is 175 Å². The summed E-state index contributed by atoms with van der Waals surface area (Å²) in [7, 11) is 13.5. The van der Waals surface area contributed by atoms with Gasteiger partial charge in [-0.3, -0.25) is 0 Å². The minimum atomic E-state index is -1.86. The molecule has 2 unspecified atom stereocenters. The van der Waals surface area contributed by atoms with Gasteiger partial charge in [0.05, 0.1) is 0 Å². The van der Waals surface area contributed by atoms with Crippen molar-refractivity contribution in [2.24, 2.45) is 11.5 Å². The van der Waals surface area contributed by atoms with Crippen molar-refractivity contribution >= 4 is 20.2 Å². The van der Waals surface area contributed by atoms with Crippen LogP contribution in [-0.4, -0.2) is 17.0 Å². The number of rotatable bonds is 13. The molecule has 0 saturated heterocycles.